The molecule has 0 heterocycles. The predicted molar refractivity (Wildman–Crippen MR) is 77.9 cm³/mol. The summed E-state index contributed by atoms with van der Waals surface area (Å²) >= 11 is 3.41. The molecule has 3 rings (SSSR count). The Bertz CT molecular complexity index is 517. The zero-order valence-electron chi connectivity index (χ0n) is 10.7. The molecule has 1 aromatic rings. The van der Waals surface area contributed by atoms with E-state index in [1.54, 1.807) is 6.07 Å². The molecule has 3 nitrogen and oxygen atoms in total. The molecule has 4 unspecified atom stereocenters. The van der Waals surface area contributed by atoms with Gasteiger partial charge in [-0.1, -0.05) is 22.4 Å². The molecule has 0 amide bonds. The number of hydrogen-bond donors (Lipinski definition) is 2. The van der Waals surface area contributed by atoms with Crippen LogP contribution in [0.5, 0.6) is 0 Å². The van der Waals surface area contributed by atoms with Crippen molar-refractivity contribution in [3.8, 4) is 0 Å². The highest BCUT2D eigenvalue weighted by Gasteiger charge is 2.46. The van der Waals surface area contributed by atoms with Gasteiger partial charge in [-0.05, 0) is 60.8 Å². The summed E-state index contributed by atoms with van der Waals surface area (Å²) in [4.78, 5) is 11.8. The molecule has 4 heteroatoms. The smallest absolute Gasteiger partial charge is 0.311 e. The van der Waals surface area contributed by atoms with Crippen LogP contribution in [-0.4, -0.2) is 11.1 Å². The molecule has 4 atom stereocenters. The predicted octanol–water partition coefficient (Wildman–Crippen LogP) is 3.64. The van der Waals surface area contributed by atoms with Gasteiger partial charge >= 0.3 is 5.97 Å². The molecule has 102 valence electrons. The second-order valence-corrected chi connectivity index (χ2v) is 6.84. The van der Waals surface area contributed by atoms with Gasteiger partial charge in [0.2, 0.25) is 0 Å². The molecular weight excluding hydrogens is 306 g/mol. The van der Waals surface area contributed by atoms with Crippen molar-refractivity contribution in [2.45, 2.75) is 31.6 Å². The summed E-state index contributed by atoms with van der Waals surface area (Å²) in [6.07, 6.45) is 4.73. The average Bonchev–Trinajstić information content (AvgIpc) is 2.96. The second kappa shape index (κ2) is 4.82. The molecule has 3 N–H and O–H groups in total. The van der Waals surface area contributed by atoms with E-state index in [4.69, 9.17) is 5.73 Å². The van der Waals surface area contributed by atoms with E-state index in [1.165, 1.54) is 19.3 Å². The molecule has 2 fully saturated rings. The van der Waals surface area contributed by atoms with Crippen molar-refractivity contribution >= 4 is 27.6 Å². The molecule has 2 saturated carbocycles. The molecule has 0 aromatic heterocycles. The summed E-state index contributed by atoms with van der Waals surface area (Å²) in [5, 5.41) is 9.66. The largest absolute Gasteiger partial charge is 0.481 e. The first-order valence-corrected chi connectivity index (χ1v) is 7.63. The summed E-state index contributed by atoms with van der Waals surface area (Å²) in [7, 11) is 0. The molecule has 0 saturated heterocycles. The van der Waals surface area contributed by atoms with Gasteiger partial charge in [0.05, 0.1) is 5.92 Å². The molecule has 1 aromatic carbocycles. The van der Waals surface area contributed by atoms with Crippen LogP contribution >= 0.6 is 15.9 Å². The lowest BCUT2D eigenvalue weighted by Gasteiger charge is -2.28. The number of carboxylic acids is 1. The van der Waals surface area contributed by atoms with Crippen LogP contribution in [0.15, 0.2) is 22.7 Å². The summed E-state index contributed by atoms with van der Waals surface area (Å²) in [5.74, 6) is 0.387. The first-order valence-electron chi connectivity index (χ1n) is 6.84. The SMILES string of the molecule is Nc1ccc(Br)cc1C(C(=O)O)C1CC2CCC1C2. The van der Waals surface area contributed by atoms with Crippen LogP contribution in [0.25, 0.3) is 0 Å². The Labute approximate surface area is 121 Å². The highest BCUT2D eigenvalue weighted by molar-refractivity contribution is 9.10. The number of rotatable bonds is 3. The first kappa shape index (κ1) is 13.0. The standard InChI is InChI=1S/C15H18BrNO2/c16-10-3-4-13(17)12(7-10)14(15(18)19)11-6-8-1-2-9(11)5-8/h3-4,7-9,11,14H,1-2,5-6,17H2,(H,18,19). The van der Waals surface area contributed by atoms with Crippen molar-refractivity contribution in [2.24, 2.45) is 17.8 Å². The third-order valence-corrected chi connectivity index (χ3v) is 5.36. The molecule has 2 aliphatic rings. The van der Waals surface area contributed by atoms with E-state index < -0.39 is 11.9 Å². The third kappa shape index (κ3) is 2.27. The maximum absolute atomic E-state index is 11.8. The quantitative estimate of drug-likeness (QED) is 0.835. The number of hydrogen-bond acceptors (Lipinski definition) is 2. The van der Waals surface area contributed by atoms with Crippen molar-refractivity contribution in [1.82, 2.24) is 0 Å². The third-order valence-electron chi connectivity index (χ3n) is 4.87. The fourth-order valence-corrected chi connectivity index (χ4v) is 4.44. The highest BCUT2D eigenvalue weighted by atomic mass is 79.9. The number of carboxylic acid groups (broad SMARTS) is 1. The van der Waals surface area contributed by atoms with Crippen LogP contribution in [0, 0.1) is 17.8 Å². The van der Waals surface area contributed by atoms with Crippen LogP contribution in [-0.2, 0) is 4.79 Å². The Morgan fingerprint density at radius 2 is 2.16 bits per heavy atom. The van der Waals surface area contributed by atoms with Gasteiger partial charge in [0.25, 0.3) is 0 Å². The van der Waals surface area contributed by atoms with Crippen molar-refractivity contribution in [2.75, 3.05) is 5.73 Å². The van der Waals surface area contributed by atoms with Gasteiger partial charge in [-0.15, -0.1) is 0 Å². The van der Waals surface area contributed by atoms with Crippen LogP contribution in [0.1, 0.15) is 37.2 Å². The van der Waals surface area contributed by atoms with Crippen LogP contribution in [0.4, 0.5) is 5.69 Å². The second-order valence-electron chi connectivity index (χ2n) is 5.93. The number of benzene rings is 1. The summed E-state index contributed by atoms with van der Waals surface area (Å²) < 4.78 is 0.895. The summed E-state index contributed by atoms with van der Waals surface area (Å²) in [5.41, 5.74) is 7.38. The number of nitrogen functional groups attached to an aromatic ring is 1. The van der Waals surface area contributed by atoms with E-state index in [2.05, 4.69) is 15.9 Å². The van der Waals surface area contributed by atoms with E-state index >= 15 is 0 Å². The topological polar surface area (TPSA) is 63.3 Å². The lowest BCUT2D eigenvalue weighted by Crippen LogP contribution is -2.26. The van der Waals surface area contributed by atoms with Crippen molar-refractivity contribution in [3.63, 3.8) is 0 Å². The van der Waals surface area contributed by atoms with Gasteiger partial charge in [-0.2, -0.15) is 0 Å². The number of carbonyl (C=O) groups is 1. The number of anilines is 1. The molecule has 19 heavy (non-hydrogen) atoms. The maximum atomic E-state index is 11.8. The Balaban J connectivity index is 1.97. The van der Waals surface area contributed by atoms with E-state index in [9.17, 15) is 9.90 Å². The Morgan fingerprint density at radius 1 is 1.37 bits per heavy atom. The van der Waals surface area contributed by atoms with E-state index in [0.29, 0.717) is 11.6 Å². The fourth-order valence-electron chi connectivity index (χ4n) is 4.06. The lowest BCUT2D eigenvalue weighted by molar-refractivity contribution is -0.140. The first-order chi connectivity index (χ1) is 9.06. The summed E-state index contributed by atoms with van der Waals surface area (Å²) in [6, 6.07) is 5.53. The van der Waals surface area contributed by atoms with Gasteiger partial charge in [0.1, 0.15) is 0 Å². The van der Waals surface area contributed by atoms with Gasteiger partial charge in [0, 0.05) is 10.2 Å². The van der Waals surface area contributed by atoms with Gasteiger partial charge in [-0.3, -0.25) is 4.79 Å². The Hall–Kier alpha value is -1.03. The molecule has 0 aliphatic heterocycles. The molecule has 2 aliphatic carbocycles. The highest BCUT2D eigenvalue weighted by Crippen LogP contribution is 2.53. The zero-order chi connectivity index (χ0) is 13.6. The number of aliphatic carboxylic acids is 1. The fraction of sp³-hybridized carbons (Fsp3) is 0.533. The number of fused-ring (bicyclic) bond motifs is 2. The number of nitrogens with two attached hydrogens (primary N) is 1. The van der Waals surface area contributed by atoms with Crippen molar-refractivity contribution < 1.29 is 9.90 Å². The van der Waals surface area contributed by atoms with Gasteiger partial charge in [-0.25, -0.2) is 0 Å². The van der Waals surface area contributed by atoms with Crippen LogP contribution in [0.2, 0.25) is 0 Å². The van der Waals surface area contributed by atoms with E-state index in [0.717, 1.165) is 22.4 Å². The minimum absolute atomic E-state index is 0.257. The monoisotopic (exact) mass is 323 g/mol. The minimum atomic E-state index is -0.734. The molecular formula is C15H18BrNO2. The molecule has 2 bridgehead atoms. The minimum Gasteiger partial charge on any atom is -0.481 e. The van der Waals surface area contributed by atoms with Gasteiger partial charge in [0.15, 0.2) is 0 Å². The van der Waals surface area contributed by atoms with Crippen molar-refractivity contribution in [3.05, 3.63) is 28.2 Å². The van der Waals surface area contributed by atoms with Gasteiger partial charge < -0.3 is 10.8 Å². The lowest BCUT2D eigenvalue weighted by atomic mass is 9.76. The maximum Gasteiger partial charge on any atom is 0.311 e. The summed E-state index contributed by atoms with van der Waals surface area (Å²) in [6.45, 7) is 0. The number of halogens is 1. The molecule has 0 spiro atoms. The normalized spacial score (nSPS) is 30.5. The zero-order valence-corrected chi connectivity index (χ0v) is 12.3. The van der Waals surface area contributed by atoms with E-state index in [-0.39, 0.29) is 5.92 Å². The Morgan fingerprint density at radius 3 is 2.74 bits per heavy atom. The van der Waals surface area contributed by atoms with E-state index in [1.807, 2.05) is 12.1 Å². The average molecular weight is 324 g/mol. The van der Waals surface area contributed by atoms with Crippen molar-refractivity contribution in [1.29, 1.82) is 0 Å². The molecule has 0 radical (unpaired) electrons. The van der Waals surface area contributed by atoms with Crippen LogP contribution < -0.4 is 5.73 Å². The Kier molecular flexibility index (Phi) is 3.29. The van der Waals surface area contributed by atoms with Crippen LogP contribution in [0.3, 0.4) is 0 Å².